The van der Waals surface area contributed by atoms with Crippen LogP contribution in [0.5, 0.6) is 0 Å². The first-order chi connectivity index (χ1) is 15.7. The Hall–Kier alpha value is 1.39. The SMILES string of the molecule is CCCCCCCCCCCCCCCC(=O)OC[C@H](O)[C@H]1OC(=O)C(O)=C1OP(=O)(O)O.[NaH].[NaH].[NaH]. The van der Waals surface area contributed by atoms with Gasteiger partial charge in [-0.3, -0.25) is 14.6 Å². The Morgan fingerprint density at radius 1 is 0.917 bits per heavy atom. The molecule has 36 heavy (non-hydrogen) atoms. The van der Waals surface area contributed by atoms with Gasteiger partial charge in [0.25, 0.3) is 0 Å². The van der Waals surface area contributed by atoms with Crippen molar-refractivity contribution in [1.82, 2.24) is 0 Å². The van der Waals surface area contributed by atoms with Crippen molar-refractivity contribution in [2.45, 2.75) is 109 Å². The zero-order valence-corrected chi connectivity index (χ0v) is 20.3. The second kappa shape index (κ2) is 24.2. The molecule has 1 rings (SSSR count). The summed E-state index contributed by atoms with van der Waals surface area (Å²) in [4.78, 5) is 41.0. The first kappa shape index (κ1) is 41.9. The number of hydrogen-bond donors (Lipinski definition) is 4. The van der Waals surface area contributed by atoms with Gasteiger partial charge in [0.2, 0.25) is 11.5 Å². The molecule has 10 nitrogen and oxygen atoms in total. The van der Waals surface area contributed by atoms with Crippen LogP contribution < -0.4 is 0 Å². The number of ether oxygens (including phenoxy) is 2. The molecule has 0 aromatic rings. The minimum atomic E-state index is -5.10. The summed E-state index contributed by atoms with van der Waals surface area (Å²) in [6.45, 7) is 1.64. The van der Waals surface area contributed by atoms with Crippen LogP contribution in [-0.2, 0) is 28.2 Å². The van der Waals surface area contributed by atoms with Crippen molar-refractivity contribution in [1.29, 1.82) is 0 Å². The molecule has 4 N–H and O–H groups in total. The zero-order valence-electron chi connectivity index (χ0n) is 19.4. The molecule has 0 amide bonds. The van der Waals surface area contributed by atoms with Crippen LogP contribution in [0.15, 0.2) is 11.5 Å². The molecule has 1 aliphatic rings. The van der Waals surface area contributed by atoms with E-state index < -0.39 is 50.1 Å². The van der Waals surface area contributed by atoms with Crippen molar-refractivity contribution in [3.05, 3.63) is 11.5 Å². The van der Waals surface area contributed by atoms with Crippen molar-refractivity contribution in [3.63, 3.8) is 0 Å². The summed E-state index contributed by atoms with van der Waals surface area (Å²) in [6.07, 6.45) is 12.2. The molecule has 0 spiro atoms. The Bertz CT molecular complexity index is 687. The third-order valence-corrected chi connectivity index (χ3v) is 5.82. The molecule has 0 fully saturated rings. The van der Waals surface area contributed by atoms with Gasteiger partial charge in [-0.15, -0.1) is 0 Å². The average Bonchev–Trinajstić information content (AvgIpc) is 3.02. The first-order valence-corrected chi connectivity index (χ1v) is 13.4. The molecule has 0 unspecified atom stereocenters. The van der Waals surface area contributed by atoms with Crippen LogP contribution in [0.4, 0.5) is 0 Å². The van der Waals surface area contributed by atoms with E-state index in [2.05, 4.69) is 16.2 Å². The van der Waals surface area contributed by atoms with Crippen molar-refractivity contribution in [3.8, 4) is 0 Å². The first-order valence-electron chi connectivity index (χ1n) is 11.9. The zero-order chi connectivity index (χ0) is 24.7. The number of aliphatic hydroxyl groups is 2. The molecule has 1 heterocycles. The van der Waals surface area contributed by atoms with E-state index in [4.69, 9.17) is 14.5 Å². The van der Waals surface area contributed by atoms with Crippen LogP contribution in [0, 0.1) is 0 Å². The van der Waals surface area contributed by atoms with E-state index in [0.717, 1.165) is 19.3 Å². The van der Waals surface area contributed by atoms with Crippen LogP contribution in [0.25, 0.3) is 0 Å². The van der Waals surface area contributed by atoms with E-state index in [9.17, 15) is 24.4 Å². The molecule has 0 saturated heterocycles. The summed E-state index contributed by atoms with van der Waals surface area (Å²) < 4.78 is 24.8. The number of esters is 2. The summed E-state index contributed by atoms with van der Waals surface area (Å²) in [6, 6.07) is 0. The van der Waals surface area contributed by atoms with Crippen LogP contribution in [0.3, 0.4) is 0 Å². The van der Waals surface area contributed by atoms with E-state index in [1.807, 2.05) is 0 Å². The van der Waals surface area contributed by atoms with Gasteiger partial charge in [0.05, 0.1) is 0 Å². The Morgan fingerprint density at radius 3 is 1.81 bits per heavy atom. The molecule has 2 atom stereocenters. The predicted molar refractivity (Wildman–Crippen MR) is 141 cm³/mol. The average molecular weight is 567 g/mol. The number of unbranched alkanes of at least 4 members (excludes halogenated alkanes) is 12. The fourth-order valence-electron chi connectivity index (χ4n) is 3.56. The molecular weight excluding hydrogens is 524 g/mol. The molecular formula is C22H42Na3O10P. The Kier molecular flexibility index (Phi) is 28.2. The maximum atomic E-state index is 11.8. The number of hydrogen-bond acceptors (Lipinski definition) is 8. The van der Waals surface area contributed by atoms with E-state index >= 15 is 0 Å². The van der Waals surface area contributed by atoms with Crippen molar-refractivity contribution in [2.24, 2.45) is 0 Å². The van der Waals surface area contributed by atoms with Gasteiger partial charge in [0.1, 0.15) is 12.7 Å². The Morgan fingerprint density at radius 2 is 1.36 bits per heavy atom. The fourth-order valence-corrected chi connectivity index (χ4v) is 4.01. The number of phosphoric ester groups is 1. The summed E-state index contributed by atoms with van der Waals surface area (Å²) in [5, 5.41) is 19.6. The predicted octanol–water partition coefficient (Wildman–Crippen LogP) is 2.23. The molecule has 0 radical (unpaired) electrons. The van der Waals surface area contributed by atoms with Gasteiger partial charge in [-0.2, -0.15) is 0 Å². The normalized spacial score (nSPS) is 15.8. The van der Waals surface area contributed by atoms with E-state index in [1.165, 1.54) is 57.8 Å². The molecule has 198 valence electrons. The van der Waals surface area contributed by atoms with Gasteiger partial charge < -0.3 is 24.2 Å². The van der Waals surface area contributed by atoms with Gasteiger partial charge in [0.15, 0.2) is 6.10 Å². The Labute approximate surface area is 280 Å². The standard InChI is InChI=1S/C22H39O10P.3Na.3H/c1-2-3-4-5-6-7-8-9-10-11-12-13-14-15-18(24)30-16-17(23)20-21(32-33(27,28)29)19(25)22(26)31-20;;;;;;/h17,20,23,25H,2-16H2,1H3,(H2,27,28,29);;;;;;/t17-,20+;;;;;;/m0....../s1. The minimum absolute atomic E-state index is 0. The number of aliphatic hydroxyl groups excluding tert-OH is 2. The maximum absolute atomic E-state index is 11.8. The Balaban J connectivity index is -0.00000363. The van der Waals surface area contributed by atoms with Crippen molar-refractivity contribution >= 4 is 108 Å². The monoisotopic (exact) mass is 566 g/mol. The van der Waals surface area contributed by atoms with Gasteiger partial charge in [-0.05, 0) is 6.42 Å². The number of rotatable bonds is 19. The summed E-state index contributed by atoms with van der Waals surface area (Å²) in [5.41, 5.74) is 0. The van der Waals surface area contributed by atoms with Gasteiger partial charge in [0, 0.05) is 6.42 Å². The number of carbonyl (C=O) groups excluding carboxylic acids is 2. The molecule has 1 aliphatic heterocycles. The molecule has 0 aliphatic carbocycles. The van der Waals surface area contributed by atoms with Gasteiger partial charge in [-0.1, -0.05) is 84.0 Å². The molecule has 0 bridgehead atoms. The third-order valence-electron chi connectivity index (χ3n) is 5.39. The van der Waals surface area contributed by atoms with Gasteiger partial charge >= 0.3 is 108 Å². The van der Waals surface area contributed by atoms with E-state index in [1.54, 1.807) is 0 Å². The number of cyclic esters (lactones) is 1. The summed E-state index contributed by atoms with van der Waals surface area (Å²) >= 11 is 0. The molecule has 0 aromatic heterocycles. The van der Waals surface area contributed by atoms with Crippen LogP contribution in [0.2, 0.25) is 0 Å². The van der Waals surface area contributed by atoms with Crippen LogP contribution in [0.1, 0.15) is 96.8 Å². The molecule has 14 heteroatoms. The fraction of sp³-hybridized carbons (Fsp3) is 0.818. The van der Waals surface area contributed by atoms with Gasteiger partial charge in [-0.25, -0.2) is 9.36 Å². The second-order valence-corrected chi connectivity index (χ2v) is 9.53. The van der Waals surface area contributed by atoms with E-state index in [-0.39, 0.29) is 95.1 Å². The number of carbonyl (C=O) groups is 2. The van der Waals surface area contributed by atoms with E-state index in [0.29, 0.717) is 6.42 Å². The quantitative estimate of drug-likeness (QED) is 0.0790. The van der Waals surface area contributed by atoms with Crippen LogP contribution in [-0.4, -0.2) is 139 Å². The second-order valence-electron chi connectivity index (χ2n) is 8.36. The van der Waals surface area contributed by atoms with Crippen LogP contribution >= 0.6 is 7.82 Å². The van der Waals surface area contributed by atoms with Crippen molar-refractivity contribution in [2.75, 3.05) is 6.61 Å². The topological polar surface area (TPSA) is 160 Å². The summed E-state index contributed by atoms with van der Waals surface area (Å²) in [5.74, 6) is -3.90. The third kappa shape index (κ3) is 19.4. The summed E-state index contributed by atoms with van der Waals surface area (Å²) in [7, 11) is -5.10. The molecule has 0 saturated carbocycles. The number of phosphoric acid groups is 1. The molecule has 0 aromatic carbocycles. The van der Waals surface area contributed by atoms with Crippen molar-refractivity contribution < 1.29 is 48.2 Å².